The fraction of sp³-hybridized carbons (Fsp3) is 0.364. The van der Waals surface area contributed by atoms with Crippen LogP contribution in [-0.4, -0.2) is 53.8 Å². The molecule has 2 N–H and O–H groups in total. The second kappa shape index (κ2) is 4.67. The molecule has 2 aromatic rings. The molecule has 7 nitrogen and oxygen atoms in total. The molecule has 3 heterocycles. The molecule has 0 bridgehead atoms. The number of sulfone groups is 1. The van der Waals surface area contributed by atoms with E-state index in [2.05, 4.69) is 9.97 Å². The fourth-order valence-electron chi connectivity index (χ4n) is 2.06. The number of hydrogen-bond donors (Lipinski definition) is 1. The van der Waals surface area contributed by atoms with Crippen molar-refractivity contribution in [1.82, 2.24) is 14.9 Å². The van der Waals surface area contributed by atoms with Gasteiger partial charge in [0, 0.05) is 25.5 Å². The van der Waals surface area contributed by atoms with Crippen molar-refractivity contribution >= 4 is 43.1 Å². The number of nitrogen functional groups attached to an aromatic ring is 1. The Labute approximate surface area is 119 Å². The second-order valence-corrected chi connectivity index (χ2v) is 7.80. The van der Waals surface area contributed by atoms with Crippen molar-refractivity contribution in [2.45, 2.75) is 0 Å². The van der Waals surface area contributed by atoms with Crippen molar-refractivity contribution in [3.05, 3.63) is 17.3 Å². The lowest BCUT2D eigenvalue weighted by molar-refractivity contribution is 0.0776. The number of aromatic nitrogens is 2. The van der Waals surface area contributed by atoms with Gasteiger partial charge >= 0.3 is 0 Å². The zero-order valence-electron chi connectivity index (χ0n) is 10.4. The van der Waals surface area contributed by atoms with Crippen molar-refractivity contribution < 1.29 is 13.2 Å². The largest absolute Gasteiger partial charge is 0.396 e. The van der Waals surface area contributed by atoms with Crippen LogP contribution in [-0.2, 0) is 9.84 Å². The van der Waals surface area contributed by atoms with Crippen LogP contribution >= 0.6 is 11.3 Å². The number of anilines is 1. The van der Waals surface area contributed by atoms with Crippen molar-refractivity contribution in [1.29, 1.82) is 0 Å². The third kappa shape index (κ3) is 2.22. The third-order valence-electron chi connectivity index (χ3n) is 3.19. The highest BCUT2D eigenvalue weighted by Gasteiger charge is 2.28. The Morgan fingerprint density at radius 1 is 1.25 bits per heavy atom. The van der Waals surface area contributed by atoms with Crippen LogP contribution in [0, 0.1) is 0 Å². The van der Waals surface area contributed by atoms with Crippen LogP contribution in [0.3, 0.4) is 0 Å². The first-order valence-electron chi connectivity index (χ1n) is 5.96. The van der Waals surface area contributed by atoms with Crippen LogP contribution in [0.2, 0.25) is 0 Å². The minimum absolute atomic E-state index is 0.0000395. The molecule has 2 aromatic heterocycles. The van der Waals surface area contributed by atoms with Gasteiger partial charge in [-0.05, 0) is 0 Å². The van der Waals surface area contributed by atoms with Gasteiger partial charge < -0.3 is 10.6 Å². The maximum absolute atomic E-state index is 12.4. The predicted molar refractivity (Wildman–Crippen MR) is 76.4 cm³/mol. The lowest BCUT2D eigenvalue weighted by atomic mass is 10.3. The predicted octanol–water partition coefficient (Wildman–Crippen LogP) is 0.144. The molecule has 20 heavy (non-hydrogen) atoms. The summed E-state index contributed by atoms with van der Waals surface area (Å²) in [5.41, 5.74) is 6.78. The number of nitrogens with two attached hydrogens (primary N) is 1. The molecule has 0 saturated carbocycles. The van der Waals surface area contributed by atoms with Gasteiger partial charge in [0.2, 0.25) is 0 Å². The number of amides is 1. The minimum atomic E-state index is -3.01. The Bertz CT molecular complexity index is 770. The van der Waals surface area contributed by atoms with Gasteiger partial charge in [-0.1, -0.05) is 0 Å². The van der Waals surface area contributed by atoms with Crippen LogP contribution < -0.4 is 5.73 Å². The van der Waals surface area contributed by atoms with Gasteiger partial charge in [0.1, 0.15) is 15.2 Å². The molecule has 1 aliphatic rings. The highest BCUT2D eigenvalue weighted by atomic mass is 32.2. The number of rotatable bonds is 1. The average Bonchev–Trinajstić information content (AvgIpc) is 2.76. The molecule has 106 valence electrons. The normalized spacial score (nSPS) is 18.3. The van der Waals surface area contributed by atoms with E-state index >= 15 is 0 Å². The topological polar surface area (TPSA) is 106 Å². The average molecular weight is 312 g/mol. The van der Waals surface area contributed by atoms with Crippen molar-refractivity contribution in [2.75, 3.05) is 30.3 Å². The summed E-state index contributed by atoms with van der Waals surface area (Å²) in [5, 5.41) is 0. The van der Waals surface area contributed by atoms with Crippen molar-refractivity contribution in [2.24, 2.45) is 0 Å². The third-order valence-corrected chi connectivity index (χ3v) is 5.89. The quantitative estimate of drug-likeness (QED) is 0.803. The van der Waals surface area contributed by atoms with Gasteiger partial charge in [0.05, 0.1) is 17.2 Å². The van der Waals surface area contributed by atoms with E-state index in [0.29, 0.717) is 20.9 Å². The minimum Gasteiger partial charge on any atom is -0.396 e. The maximum Gasteiger partial charge on any atom is 0.266 e. The molecule has 0 aliphatic carbocycles. The van der Waals surface area contributed by atoms with E-state index in [0.717, 1.165) is 0 Å². The lowest BCUT2D eigenvalue weighted by Gasteiger charge is -2.26. The van der Waals surface area contributed by atoms with Crippen molar-refractivity contribution in [3.63, 3.8) is 0 Å². The number of thiophene rings is 1. The van der Waals surface area contributed by atoms with Gasteiger partial charge in [-0.15, -0.1) is 11.3 Å². The summed E-state index contributed by atoms with van der Waals surface area (Å²) >= 11 is 1.19. The Morgan fingerprint density at radius 2 is 1.90 bits per heavy atom. The van der Waals surface area contributed by atoms with Crippen LogP contribution in [0.5, 0.6) is 0 Å². The highest BCUT2D eigenvalue weighted by molar-refractivity contribution is 7.91. The molecule has 1 amide bonds. The molecule has 0 atom stereocenters. The molecule has 0 unspecified atom stereocenters. The van der Waals surface area contributed by atoms with Crippen LogP contribution in [0.1, 0.15) is 9.67 Å². The summed E-state index contributed by atoms with van der Waals surface area (Å²) in [6.07, 6.45) is 3.06. The van der Waals surface area contributed by atoms with Gasteiger partial charge in [-0.3, -0.25) is 4.79 Å². The number of fused-ring (bicyclic) bond motifs is 1. The van der Waals surface area contributed by atoms with E-state index in [4.69, 9.17) is 5.73 Å². The number of carbonyl (C=O) groups is 1. The van der Waals surface area contributed by atoms with Crippen LogP contribution in [0.15, 0.2) is 12.4 Å². The first-order valence-corrected chi connectivity index (χ1v) is 8.60. The zero-order chi connectivity index (χ0) is 14.3. The molecular weight excluding hydrogens is 300 g/mol. The molecule has 9 heteroatoms. The van der Waals surface area contributed by atoms with Crippen LogP contribution in [0.4, 0.5) is 5.69 Å². The molecule has 0 spiro atoms. The van der Waals surface area contributed by atoms with Gasteiger partial charge in [0.15, 0.2) is 9.84 Å². The summed E-state index contributed by atoms with van der Waals surface area (Å²) in [7, 11) is -3.01. The molecule has 1 saturated heterocycles. The molecule has 1 fully saturated rings. The molecule has 3 rings (SSSR count). The van der Waals surface area contributed by atoms with Crippen LogP contribution in [0.25, 0.3) is 10.3 Å². The summed E-state index contributed by atoms with van der Waals surface area (Å²) < 4.78 is 22.8. The fourth-order valence-corrected chi connectivity index (χ4v) is 4.25. The van der Waals surface area contributed by atoms with Gasteiger partial charge in [-0.25, -0.2) is 18.4 Å². The van der Waals surface area contributed by atoms with E-state index in [-0.39, 0.29) is 30.5 Å². The van der Waals surface area contributed by atoms with E-state index < -0.39 is 9.84 Å². The first-order chi connectivity index (χ1) is 9.48. The molecule has 0 radical (unpaired) electrons. The maximum atomic E-state index is 12.4. The molecule has 1 aliphatic heterocycles. The summed E-state index contributed by atoms with van der Waals surface area (Å²) in [4.78, 5) is 23.1. The lowest BCUT2D eigenvalue weighted by Crippen LogP contribution is -2.43. The standard InChI is InChI=1S/C11H12N4O3S2/c12-7-8-10(14-2-1-13-8)19-9(7)11(16)15-3-5-20(17,18)6-4-15/h1-2H,3-6,12H2. The monoisotopic (exact) mass is 312 g/mol. The van der Waals surface area contributed by atoms with E-state index in [1.165, 1.54) is 22.4 Å². The smallest absolute Gasteiger partial charge is 0.266 e. The molecule has 0 aromatic carbocycles. The Kier molecular flexibility index (Phi) is 3.09. The van der Waals surface area contributed by atoms with Gasteiger partial charge in [-0.2, -0.15) is 0 Å². The molecular formula is C11H12N4O3S2. The Hall–Kier alpha value is -1.74. The zero-order valence-corrected chi connectivity index (χ0v) is 12.1. The SMILES string of the molecule is Nc1c(C(=O)N2CCS(=O)(=O)CC2)sc2nccnc12. The van der Waals surface area contributed by atoms with E-state index in [1.807, 2.05) is 0 Å². The van der Waals surface area contributed by atoms with Crippen molar-refractivity contribution in [3.8, 4) is 0 Å². The number of nitrogens with zero attached hydrogens (tertiary/aromatic N) is 3. The number of hydrogen-bond acceptors (Lipinski definition) is 7. The van der Waals surface area contributed by atoms with Gasteiger partial charge in [0.25, 0.3) is 5.91 Å². The summed E-state index contributed by atoms with van der Waals surface area (Å²) in [6, 6.07) is 0. The van der Waals surface area contributed by atoms with E-state index in [9.17, 15) is 13.2 Å². The Morgan fingerprint density at radius 3 is 2.55 bits per heavy atom. The summed E-state index contributed by atoms with van der Waals surface area (Å²) in [5.74, 6) is -0.248. The number of carbonyl (C=O) groups excluding carboxylic acids is 1. The Balaban J connectivity index is 1.91. The summed E-state index contributed by atoms with van der Waals surface area (Å²) in [6.45, 7) is 0.408. The highest BCUT2D eigenvalue weighted by Crippen LogP contribution is 2.31. The second-order valence-electron chi connectivity index (χ2n) is 4.50. The van der Waals surface area contributed by atoms with E-state index in [1.54, 1.807) is 6.20 Å². The first kappa shape index (κ1) is 13.3.